The highest BCUT2D eigenvalue weighted by atomic mass is 16.6. The van der Waals surface area contributed by atoms with Gasteiger partial charge in [-0.1, -0.05) is 182 Å². The monoisotopic (exact) mass is 723 g/mol. The summed E-state index contributed by atoms with van der Waals surface area (Å²) in [5, 5.41) is 19.9. The van der Waals surface area contributed by atoms with Crippen molar-refractivity contribution in [3.8, 4) is 0 Å². The highest BCUT2D eigenvalue weighted by Gasteiger charge is 2.30. The molecule has 0 rings (SSSR count). The van der Waals surface area contributed by atoms with Crippen LogP contribution in [0.1, 0.15) is 233 Å². The maximum atomic E-state index is 13.6. The molecule has 0 saturated heterocycles. The molecule has 7 nitrogen and oxygen atoms in total. The molecule has 4 atom stereocenters. The zero-order valence-electron chi connectivity index (χ0n) is 33.9. The lowest BCUT2D eigenvalue weighted by Crippen LogP contribution is -2.28. The van der Waals surface area contributed by atoms with Crippen molar-refractivity contribution in [2.75, 3.05) is 0 Å². The number of carbonyl (C=O) groups excluding carboxylic acids is 2. The Morgan fingerprint density at radius 2 is 0.549 bits per heavy atom. The summed E-state index contributed by atoms with van der Waals surface area (Å²) >= 11 is 0. The van der Waals surface area contributed by atoms with E-state index in [0.717, 1.165) is 77.0 Å². The molecular formula is C44H82O7. The first-order valence-electron chi connectivity index (χ1n) is 21.9. The van der Waals surface area contributed by atoms with Crippen molar-refractivity contribution in [3.63, 3.8) is 0 Å². The zero-order chi connectivity index (χ0) is 38.0. The van der Waals surface area contributed by atoms with Gasteiger partial charge in [0.2, 0.25) is 0 Å². The van der Waals surface area contributed by atoms with Gasteiger partial charge in [0.25, 0.3) is 0 Å². The second-order valence-corrected chi connectivity index (χ2v) is 15.6. The number of unbranched alkanes of at least 4 members (excludes halogenated alkanes) is 20. The summed E-state index contributed by atoms with van der Waals surface area (Å²) < 4.78 is 5.65. The Labute approximate surface area is 314 Å². The van der Waals surface area contributed by atoms with Gasteiger partial charge in [-0.05, 0) is 51.4 Å². The summed E-state index contributed by atoms with van der Waals surface area (Å²) in [4.78, 5) is 51.5. The van der Waals surface area contributed by atoms with Crippen LogP contribution in [0.15, 0.2) is 0 Å². The number of carboxylic acids is 2. The van der Waals surface area contributed by atoms with E-state index in [9.17, 15) is 29.4 Å². The van der Waals surface area contributed by atoms with E-state index in [2.05, 4.69) is 27.7 Å². The number of carbonyl (C=O) groups is 4. The molecule has 0 radical (unpaired) electrons. The highest BCUT2D eigenvalue weighted by Crippen LogP contribution is 2.28. The largest absolute Gasteiger partial charge is 0.481 e. The van der Waals surface area contributed by atoms with Crippen LogP contribution < -0.4 is 0 Å². The van der Waals surface area contributed by atoms with Crippen molar-refractivity contribution < 1.29 is 34.1 Å². The Hall–Kier alpha value is -1.92. The molecule has 0 aliphatic rings. The summed E-state index contributed by atoms with van der Waals surface area (Å²) in [6.07, 6.45) is 30.3. The Kier molecular flexibility index (Phi) is 33.8. The predicted octanol–water partition coefficient (Wildman–Crippen LogP) is 13.3. The third-order valence-electron chi connectivity index (χ3n) is 10.9. The average molecular weight is 723 g/mol. The fourth-order valence-corrected chi connectivity index (χ4v) is 7.30. The van der Waals surface area contributed by atoms with Gasteiger partial charge >= 0.3 is 23.9 Å². The molecule has 300 valence electrons. The fourth-order valence-electron chi connectivity index (χ4n) is 7.30. The van der Waals surface area contributed by atoms with Crippen LogP contribution in [0.2, 0.25) is 0 Å². The summed E-state index contributed by atoms with van der Waals surface area (Å²) in [5.74, 6) is -4.64. The Bertz CT molecular complexity index is 788. The van der Waals surface area contributed by atoms with Crippen LogP contribution in [0.4, 0.5) is 0 Å². The lowest BCUT2D eigenvalue weighted by molar-refractivity contribution is -0.167. The first kappa shape index (κ1) is 49.1. The van der Waals surface area contributed by atoms with E-state index in [0.29, 0.717) is 51.4 Å². The maximum absolute atomic E-state index is 13.6. The lowest BCUT2D eigenvalue weighted by Gasteiger charge is -2.21. The molecule has 0 aromatic carbocycles. The number of ether oxygens (including phenoxy) is 1. The molecule has 0 aliphatic heterocycles. The standard InChI is InChI=1S/C44H82O7/c1-5-9-13-17-21-25-29-37(41(45)46)33-35-39(31-27-23-19-15-11-7-3)43(49)51-44(50)40(32-28-24-20-16-12-8-4)36-34-38(42(47)48)30-26-22-18-14-10-6-2/h37-40H,5-36H2,1-4H3,(H,45,46)(H,47,48). The van der Waals surface area contributed by atoms with Gasteiger partial charge in [-0.3, -0.25) is 19.2 Å². The van der Waals surface area contributed by atoms with Gasteiger partial charge in [-0.15, -0.1) is 0 Å². The molecule has 0 heterocycles. The summed E-state index contributed by atoms with van der Waals surface area (Å²) in [5.41, 5.74) is 0. The van der Waals surface area contributed by atoms with E-state index in [4.69, 9.17) is 4.74 Å². The van der Waals surface area contributed by atoms with Gasteiger partial charge in [-0.2, -0.15) is 0 Å². The van der Waals surface area contributed by atoms with Crippen molar-refractivity contribution in [1.29, 1.82) is 0 Å². The van der Waals surface area contributed by atoms with Crippen LogP contribution >= 0.6 is 0 Å². The quantitative estimate of drug-likeness (QED) is 0.0370. The fraction of sp³-hybridized carbons (Fsp3) is 0.909. The van der Waals surface area contributed by atoms with E-state index in [-0.39, 0.29) is 0 Å². The van der Waals surface area contributed by atoms with Gasteiger partial charge in [-0.25, -0.2) is 0 Å². The molecule has 7 heteroatoms. The number of esters is 2. The van der Waals surface area contributed by atoms with Gasteiger partial charge < -0.3 is 14.9 Å². The molecule has 51 heavy (non-hydrogen) atoms. The molecule has 0 spiro atoms. The van der Waals surface area contributed by atoms with Crippen molar-refractivity contribution in [1.82, 2.24) is 0 Å². The maximum Gasteiger partial charge on any atom is 0.316 e. The third kappa shape index (κ3) is 28.3. The van der Waals surface area contributed by atoms with Crippen LogP contribution in [0.5, 0.6) is 0 Å². The first-order chi connectivity index (χ1) is 24.7. The van der Waals surface area contributed by atoms with E-state index in [1.807, 2.05) is 0 Å². The van der Waals surface area contributed by atoms with Crippen LogP contribution in [0.25, 0.3) is 0 Å². The Balaban J connectivity index is 5.52. The van der Waals surface area contributed by atoms with Gasteiger partial charge in [0, 0.05) is 0 Å². The summed E-state index contributed by atoms with van der Waals surface area (Å²) in [7, 11) is 0. The van der Waals surface area contributed by atoms with Crippen LogP contribution in [0, 0.1) is 23.7 Å². The first-order valence-corrected chi connectivity index (χ1v) is 21.9. The van der Waals surface area contributed by atoms with Crippen LogP contribution in [-0.4, -0.2) is 34.1 Å². The minimum atomic E-state index is -0.806. The molecule has 0 aliphatic carbocycles. The zero-order valence-corrected chi connectivity index (χ0v) is 33.9. The molecule has 0 aromatic rings. The van der Waals surface area contributed by atoms with Crippen molar-refractivity contribution in [2.45, 2.75) is 233 Å². The molecule has 4 unspecified atom stereocenters. The smallest absolute Gasteiger partial charge is 0.316 e. The molecule has 0 amide bonds. The van der Waals surface area contributed by atoms with Crippen molar-refractivity contribution in [3.05, 3.63) is 0 Å². The Morgan fingerprint density at radius 1 is 0.333 bits per heavy atom. The minimum absolute atomic E-state index is 0.411. The Morgan fingerprint density at radius 3 is 0.804 bits per heavy atom. The van der Waals surface area contributed by atoms with E-state index in [1.54, 1.807) is 0 Å². The average Bonchev–Trinajstić information content (AvgIpc) is 3.10. The van der Waals surface area contributed by atoms with E-state index >= 15 is 0 Å². The predicted molar refractivity (Wildman–Crippen MR) is 211 cm³/mol. The third-order valence-corrected chi connectivity index (χ3v) is 10.9. The van der Waals surface area contributed by atoms with Crippen LogP contribution in [-0.2, 0) is 23.9 Å². The topological polar surface area (TPSA) is 118 Å². The van der Waals surface area contributed by atoms with Crippen LogP contribution in [0.3, 0.4) is 0 Å². The number of rotatable bonds is 38. The SMILES string of the molecule is CCCCCCCCC(CCC(CCCCCCCC)C(=O)OC(=O)C(CCCCCCCC)CCC(CCCCCCCC)C(=O)O)C(=O)O. The second kappa shape index (κ2) is 35.1. The van der Waals surface area contributed by atoms with Crippen molar-refractivity contribution >= 4 is 23.9 Å². The molecule has 2 N–H and O–H groups in total. The van der Waals surface area contributed by atoms with E-state index in [1.165, 1.54) is 77.0 Å². The summed E-state index contributed by atoms with van der Waals surface area (Å²) in [6, 6.07) is 0. The normalized spacial score (nSPS) is 13.8. The van der Waals surface area contributed by atoms with E-state index < -0.39 is 47.5 Å². The number of aliphatic carboxylic acids is 2. The van der Waals surface area contributed by atoms with Gasteiger partial charge in [0.1, 0.15) is 0 Å². The highest BCUT2D eigenvalue weighted by molar-refractivity contribution is 5.88. The number of hydrogen-bond donors (Lipinski definition) is 2. The van der Waals surface area contributed by atoms with Crippen molar-refractivity contribution in [2.24, 2.45) is 23.7 Å². The van der Waals surface area contributed by atoms with Gasteiger partial charge in [0.15, 0.2) is 0 Å². The molecule has 0 bridgehead atoms. The van der Waals surface area contributed by atoms with Gasteiger partial charge in [0.05, 0.1) is 23.7 Å². The molecule has 0 saturated carbocycles. The minimum Gasteiger partial charge on any atom is -0.481 e. The molecule has 0 fully saturated rings. The molecule has 0 aromatic heterocycles. The molecular weight excluding hydrogens is 640 g/mol. The second-order valence-electron chi connectivity index (χ2n) is 15.6. The number of carboxylic acid groups (broad SMARTS) is 2. The summed E-state index contributed by atoms with van der Waals surface area (Å²) in [6.45, 7) is 8.74. The number of hydrogen-bond acceptors (Lipinski definition) is 5. The lowest BCUT2D eigenvalue weighted by atomic mass is 9.88.